The third kappa shape index (κ3) is 68.4. The molecule has 0 rings (SSSR count). The van der Waals surface area contributed by atoms with Crippen molar-refractivity contribution >= 4 is 39.5 Å². The van der Waals surface area contributed by atoms with Gasteiger partial charge in [-0.15, -0.1) is 0 Å². The molecule has 0 fully saturated rings. The zero-order valence-electron chi connectivity index (χ0n) is 60.6. The van der Waals surface area contributed by atoms with Crippen LogP contribution in [0.15, 0.2) is 0 Å². The number of carbonyl (C=O) groups excluding carboxylic acids is 4. The Hall–Kier alpha value is -1.94. The van der Waals surface area contributed by atoms with Crippen LogP contribution in [0, 0.1) is 11.8 Å². The van der Waals surface area contributed by atoms with Crippen LogP contribution in [0.2, 0.25) is 0 Å². The van der Waals surface area contributed by atoms with Gasteiger partial charge in [0.05, 0.1) is 26.4 Å². The average molecular weight is 1370 g/mol. The Morgan fingerprint density at radius 2 is 0.495 bits per heavy atom. The zero-order valence-corrected chi connectivity index (χ0v) is 62.3. The molecule has 0 aliphatic carbocycles. The van der Waals surface area contributed by atoms with Gasteiger partial charge in [0.2, 0.25) is 0 Å². The average Bonchev–Trinajstić information content (AvgIpc) is 3.22. The van der Waals surface area contributed by atoms with E-state index in [4.69, 9.17) is 37.0 Å². The van der Waals surface area contributed by atoms with Gasteiger partial charge in [-0.05, 0) is 37.5 Å². The largest absolute Gasteiger partial charge is 0.472 e. The van der Waals surface area contributed by atoms with Crippen molar-refractivity contribution < 1.29 is 80.2 Å². The fourth-order valence-corrected chi connectivity index (χ4v) is 12.9. The van der Waals surface area contributed by atoms with Crippen molar-refractivity contribution in [2.75, 3.05) is 39.6 Å². The van der Waals surface area contributed by atoms with Gasteiger partial charge < -0.3 is 33.8 Å². The van der Waals surface area contributed by atoms with Crippen LogP contribution in [0.5, 0.6) is 0 Å². The Morgan fingerprint density at radius 3 is 0.731 bits per heavy atom. The molecule has 0 heterocycles. The fraction of sp³-hybridized carbons (Fsp3) is 0.946. The van der Waals surface area contributed by atoms with E-state index in [0.717, 1.165) is 102 Å². The molecule has 17 nitrogen and oxygen atoms in total. The number of ether oxygens (including phenoxy) is 4. The van der Waals surface area contributed by atoms with Gasteiger partial charge in [-0.25, -0.2) is 9.13 Å². The van der Waals surface area contributed by atoms with Crippen LogP contribution in [0.25, 0.3) is 0 Å². The first kappa shape index (κ1) is 91.1. The van der Waals surface area contributed by atoms with Crippen LogP contribution in [-0.4, -0.2) is 96.7 Å². The van der Waals surface area contributed by atoms with Crippen LogP contribution < -0.4 is 0 Å². The first-order chi connectivity index (χ1) is 44.9. The van der Waals surface area contributed by atoms with Gasteiger partial charge in [0.25, 0.3) is 0 Å². The maximum absolute atomic E-state index is 13.1. The van der Waals surface area contributed by atoms with Gasteiger partial charge >= 0.3 is 39.5 Å². The number of phosphoric ester groups is 2. The standard InChI is InChI=1S/C74H144O17P2/c1-7-9-11-13-15-17-19-24-29-33-37-44-50-56-71(76)84-62-69(90-73(78)59-53-47-39-35-31-27-23-21-22-26-28-32-36-42-48-54-66(3)4)64-88-92(80,81)86-60-68(75)61-87-93(82,83)89-65-70(63-85-72(77)57-51-45-41-40-43-49-55-67(5)6)91-74(79)58-52-46-38-34-30-25-20-18-16-14-12-10-8-2/h66-70,75H,7-65H2,1-6H3,(H,80,81)(H,82,83)/t68-,69-,70-/m1/s1. The molecule has 0 radical (unpaired) electrons. The number of hydrogen-bond acceptors (Lipinski definition) is 15. The minimum absolute atomic E-state index is 0.107. The molecule has 552 valence electrons. The predicted octanol–water partition coefficient (Wildman–Crippen LogP) is 21.6. The Morgan fingerprint density at radius 1 is 0.290 bits per heavy atom. The normalized spacial score (nSPS) is 14.1. The second kappa shape index (κ2) is 66.0. The summed E-state index contributed by atoms with van der Waals surface area (Å²) < 4.78 is 68.4. The zero-order chi connectivity index (χ0) is 68.6. The van der Waals surface area contributed by atoms with Crippen molar-refractivity contribution in [2.45, 2.75) is 400 Å². The lowest BCUT2D eigenvalue weighted by atomic mass is 10.0. The minimum Gasteiger partial charge on any atom is -0.462 e. The van der Waals surface area contributed by atoms with Crippen LogP contribution in [0.4, 0.5) is 0 Å². The highest BCUT2D eigenvalue weighted by Gasteiger charge is 2.30. The van der Waals surface area contributed by atoms with Crippen molar-refractivity contribution in [3.63, 3.8) is 0 Å². The number of hydrogen-bond donors (Lipinski definition) is 3. The molecule has 2 unspecified atom stereocenters. The highest BCUT2D eigenvalue weighted by atomic mass is 31.2. The Bertz CT molecular complexity index is 1800. The molecular weight excluding hydrogens is 1220 g/mol. The van der Waals surface area contributed by atoms with Crippen LogP contribution in [0.3, 0.4) is 0 Å². The SMILES string of the molecule is CCCCCCCCCCCCCCCC(=O)OC[C@H](COP(=O)(O)OC[C@@H](O)COP(=O)(O)OC[C@@H](COC(=O)CCCCCCCCC(C)C)OC(=O)CCCCCCCCCCCCCCC)OC(=O)CCCCCCCCCCCCCCCCCC(C)C. The third-order valence-electron chi connectivity index (χ3n) is 17.2. The number of unbranched alkanes of at least 4 members (excludes halogenated alkanes) is 43. The maximum Gasteiger partial charge on any atom is 0.472 e. The molecule has 0 aromatic rings. The van der Waals surface area contributed by atoms with Gasteiger partial charge in [-0.1, -0.05) is 330 Å². The monoisotopic (exact) mass is 1370 g/mol. The minimum atomic E-state index is -4.95. The maximum atomic E-state index is 13.1. The van der Waals surface area contributed by atoms with Gasteiger partial charge in [0.15, 0.2) is 12.2 Å². The lowest BCUT2D eigenvalue weighted by Crippen LogP contribution is -2.30. The highest BCUT2D eigenvalue weighted by Crippen LogP contribution is 2.45. The summed E-state index contributed by atoms with van der Waals surface area (Å²) in [6.07, 6.45) is 52.8. The topological polar surface area (TPSA) is 237 Å². The summed E-state index contributed by atoms with van der Waals surface area (Å²) in [5, 5.41) is 10.6. The molecule has 19 heteroatoms. The van der Waals surface area contributed by atoms with Gasteiger partial charge in [0.1, 0.15) is 19.3 Å². The van der Waals surface area contributed by atoms with Crippen molar-refractivity contribution in [1.82, 2.24) is 0 Å². The van der Waals surface area contributed by atoms with E-state index in [2.05, 4.69) is 41.5 Å². The van der Waals surface area contributed by atoms with Crippen LogP contribution in [0.1, 0.15) is 382 Å². The molecule has 0 spiro atoms. The van der Waals surface area contributed by atoms with Crippen molar-refractivity contribution in [3.05, 3.63) is 0 Å². The summed E-state index contributed by atoms with van der Waals surface area (Å²) in [6, 6.07) is 0. The first-order valence-electron chi connectivity index (χ1n) is 38.5. The van der Waals surface area contributed by atoms with Gasteiger partial charge in [-0.2, -0.15) is 0 Å². The number of phosphoric acid groups is 2. The molecule has 0 saturated heterocycles. The van der Waals surface area contributed by atoms with Crippen LogP contribution in [-0.2, 0) is 65.4 Å². The number of aliphatic hydroxyl groups is 1. The van der Waals surface area contributed by atoms with E-state index in [1.54, 1.807) is 0 Å². The van der Waals surface area contributed by atoms with E-state index < -0.39 is 97.5 Å². The van der Waals surface area contributed by atoms with Crippen molar-refractivity contribution in [3.8, 4) is 0 Å². The quantitative estimate of drug-likeness (QED) is 0.0222. The summed E-state index contributed by atoms with van der Waals surface area (Å²) in [5.74, 6) is -0.636. The Kier molecular flexibility index (Phi) is 64.6. The number of aliphatic hydroxyl groups excluding tert-OH is 1. The van der Waals surface area contributed by atoms with Gasteiger partial charge in [-0.3, -0.25) is 37.3 Å². The highest BCUT2D eigenvalue weighted by molar-refractivity contribution is 7.47. The summed E-state index contributed by atoms with van der Waals surface area (Å²) >= 11 is 0. The Labute approximate surface area is 568 Å². The van der Waals surface area contributed by atoms with E-state index in [-0.39, 0.29) is 25.7 Å². The predicted molar refractivity (Wildman–Crippen MR) is 377 cm³/mol. The number of rotatable bonds is 73. The third-order valence-corrected chi connectivity index (χ3v) is 19.1. The lowest BCUT2D eigenvalue weighted by Gasteiger charge is -2.21. The van der Waals surface area contributed by atoms with Gasteiger partial charge in [0, 0.05) is 25.7 Å². The van der Waals surface area contributed by atoms with E-state index >= 15 is 0 Å². The van der Waals surface area contributed by atoms with Crippen molar-refractivity contribution in [2.24, 2.45) is 11.8 Å². The van der Waals surface area contributed by atoms with E-state index in [0.29, 0.717) is 31.6 Å². The lowest BCUT2D eigenvalue weighted by molar-refractivity contribution is -0.161. The molecule has 0 saturated carbocycles. The molecule has 3 N–H and O–H groups in total. The Balaban J connectivity index is 5.23. The molecule has 0 aromatic heterocycles. The van der Waals surface area contributed by atoms with Crippen molar-refractivity contribution in [1.29, 1.82) is 0 Å². The molecule has 93 heavy (non-hydrogen) atoms. The van der Waals surface area contributed by atoms with E-state index in [1.165, 1.54) is 193 Å². The van der Waals surface area contributed by atoms with E-state index in [9.17, 15) is 43.2 Å². The van der Waals surface area contributed by atoms with E-state index in [1.807, 2.05) is 0 Å². The number of esters is 4. The summed E-state index contributed by atoms with van der Waals surface area (Å²) in [4.78, 5) is 72.7. The molecular formula is C74H144O17P2. The second-order valence-corrected chi connectivity index (χ2v) is 30.5. The molecule has 5 atom stereocenters. The number of carbonyl (C=O) groups is 4. The van der Waals surface area contributed by atoms with Crippen LogP contribution >= 0.6 is 15.6 Å². The molecule has 0 aliphatic heterocycles. The molecule has 0 aromatic carbocycles. The smallest absolute Gasteiger partial charge is 0.462 e. The molecule has 0 amide bonds. The summed E-state index contributed by atoms with van der Waals surface area (Å²) in [5.41, 5.74) is 0. The molecule has 0 aliphatic rings. The summed E-state index contributed by atoms with van der Waals surface area (Å²) in [6.45, 7) is 9.53. The summed E-state index contributed by atoms with van der Waals surface area (Å²) in [7, 11) is -9.91. The second-order valence-electron chi connectivity index (χ2n) is 27.6. The first-order valence-corrected chi connectivity index (χ1v) is 41.5. The molecule has 0 bridgehead atoms. The fourth-order valence-electron chi connectivity index (χ4n) is 11.3.